The summed E-state index contributed by atoms with van der Waals surface area (Å²) in [6.45, 7) is 9.17. The Bertz CT molecular complexity index is 471. The molecule has 0 atom stereocenters. The standard InChI is InChI=1S/C13H23N5OS/c1-10-16-11(19-17-10)5-6-15-12(14-4)18-7-8-20-13(2,3)9-18/h5-9H2,1-4H3,(H,14,15). The largest absolute Gasteiger partial charge is 0.356 e. The maximum absolute atomic E-state index is 5.10. The Kier molecular flexibility index (Phi) is 4.91. The van der Waals surface area contributed by atoms with Crippen LogP contribution in [0.4, 0.5) is 0 Å². The Balaban J connectivity index is 1.83. The number of aryl methyl sites for hydroxylation is 1. The van der Waals surface area contributed by atoms with Gasteiger partial charge < -0.3 is 14.7 Å². The Morgan fingerprint density at radius 3 is 2.95 bits per heavy atom. The Morgan fingerprint density at radius 1 is 1.55 bits per heavy atom. The van der Waals surface area contributed by atoms with E-state index < -0.39 is 0 Å². The molecule has 0 radical (unpaired) electrons. The number of nitrogens with zero attached hydrogens (tertiary/aromatic N) is 4. The molecule has 6 nitrogen and oxygen atoms in total. The van der Waals surface area contributed by atoms with E-state index in [0.29, 0.717) is 18.1 Å². The number of aliphatic imine (C=N–C) groups is 1. The Morgan fingerprint density at radius 2 is 2.35 bits per heavy atom. The van der Waals surface area contributed by atoms with Gasteiger partial charge in [-0.25, -0.2) is 0 Å². The van der Waals surface area contributed by atoms with Gasteiger partial charge in [-0.3, -0.25) is 4.99 Å². The smallest absolute Gasteiger partial charge is 0.228 e. The van der Waals surface area contributed by atoms with Crippen LogP contribution in [0.25, 0.3) is 0 Å². The van der Waals surface area contributed by atoms with Gasteiger partial charge in [0, 0.05) is 43.6 Å². The second-order valence-corrected chi connectivity index (χ2v) is 7.29. The van der Waals surface area contributed by atoms with Crippen molar-refractivity contribution in [2.24, 2.45) is 4.99 Å². The van der Waals surface area contributed by atoms with E-state index in [1.54, 1.807) is 0 Å². The van der Waals surface area contributed by atoms with E-state index in [-0.39, 0.29) is 4.75 Å². The lowest BCUT2D eigenvalue weighted by Gasteiger charge is -2.39. The molecule has 2 rings (SSSR count). The van der Waals surface area contributed by atoms with Gasteiger partial charge in [0.2, 0.25) is 5.89 Å². The lowest BCUT2D eigenvalue weighted by Crippen LogP contribution is -2.51. The zero-order valence-corrected chi connectivity index (χ0v) is 13.5. The summed E-state index contributed by atoms with van der Waals surface area (Å²) in [5.74, 6) is 3.44. The number of aromatic nitrogens is 2. The van der Waals surface area contributed by atoms with Crippen LogP contribution in [0.1, 0.15) is 25.6 Å². The zero-order valence-electron chi connectivity index (χ0n) is 12.6. The first-order valence-corrected chi connectivity index (χ1v) is 7.87. The number of hydrogen-bond acceptors (Lipinski definition) is 5. The van der Waals surface area contributed by atoms with Crippen molar-refractivity contribution in [3.8, 4) is 0 Å². The molecule has 1 aliphatic rings. The van der Waals surface area contributed by atoms with Crippen molar-refractivity contribution in [2.45, 2.75) is 31.9 Å². The molecule has 2 heterocycles. The van der Waals surface area contributed by atoms with Crippen LogP contribution in [-0.4, -0.2) is 58.2 Å². The van der Waals surface area contributed by atoms with Crippen molar-refractivity contribution >= 4 is 17.7 Å². The highest BCUT2D eigenvalue weighted by Crippen LogP contribution is 2.29. The molecule has 0 aliphatic carbocycles. The quantitative estimate of drug-likeness (QED) is 0.670. The number of hydrogen-bond donors (Lipinski definition) is 1. The molecule has 0 bridgehead atoms. The summed E-state index contributed by atoms with van der Waals surface area (Å²) in [6.07, 6.45) is 0.714. The predicted molar refractivity (Wildman–Crippen MR) is 82.2 cm³/mol. The molecule has 7 heteroatoms. The average Bonchev–Trinajstić information content (AvgIpc) is 2.79. The minimum Gasteiger partial charge on any atom is -0.356 e. The van der Waals surface area contributed by atoms with Gasteiger partial charge in [0.1, 0.15) is 0 Å². The average molecular weight is 297 g/mol. The van der Waals surface area contributed by atoms with E-state index in [1.165, 1.54) is 0 Å². The van der Waals surface area contributed by atoms with Crippen LogP contribution in [0.2, 0.25) is 0 Å². The summed E-state index contributed by atoms with van der Waals surface area (Å²) in [7, 11) is 1.83. The highest BCUT2D eigenvalue weighted by Gasteiger charge is 2.28. The fourth-order valence-corrected chi connectivity index (χ4v) is 3.36. The maximum atomic E-state index is 5.10. The van der Waals surface area contributed by atoms with Gasteiger partial charge in [-0.15, -0.1) is 0 Å². The fraction of sp³-hybridized carbons (Fsp3) is 0.769. The van der Waals surface area contributed by atoms with Crippen LogP contribution in [-0.2, 0) is 6.42 Å². The van der Waals surface area contributed by atoms with E-state index in [1.807, 2.05) is 25.7 Å². The Hall–Kier alpha value is -1.24. The molecule has 0 saturated carbocycles. The van der Waals surface area contributed by atoms with E-state index >= 15 is 0 Å². The second-order valence-electron chi connectivity index (χ2n) is 5.49. The van der Waals surface area contributed by atoms with Gasteiger partial charge >= 0.3 is 0 Å². The molecule has 0 aromatic carbocycles. The monoisotopic (exact) mass is 297 g/mol. The minimum absolute atomic E-state index is 0.277. The summed E-state index contributed by atoms with van der Waals surface area (Å²) in [5, 5.41) is 7.16. The Labute approximate surface area is 124 Å². The molecule has 112 valence electrons. The molecule has 0 amide bonds. The molecule has 0 spiro atoms. The van der Waals surface area contributed by atoms with Crippen molar-refractivity contribution < 1.29 is 4.52 Å². The van der Waals surface area contributed by atoms with E-state index in [2.05, 4.69) is 39.2 Å². The molecule has 0 unspecified atom stereocenters. The van der Waals surface area contributed by atoms with Crippen LogP contribution in [0, 0.1) is 6.92 Å². The van der Waals surface area contributed by atoms with Crippen molar-refractivity contribution in [2.75, 3.05) is 32.4 Å². The third kappa shape index (κ3) is 4.13. The van der Waals surface area contributed by atoms with Gasteiger partial charge in [-0.1, -0.05) is 5.16 Å². The van der Waals surface area contributed by atoms with E-state index in [0.717, 1.165) is 31.3 Å². The minimum atomic E-state index is 0.277. The molecule has 1 aliphatic heterocycles. The lowest BCUT2D eigenvalue weighted by atomic mass is 10.2. The molecule has 1 aromatic rings. The van der Waals surface area contributed by atoms with Crippen molar-refractivity contribution in [1.29, 1.82) is 0 Å². The summed E-state index contributed by atoms with van der Waals surface area (Å²) in [5.41, 5.74) is 0. The highest BCUT2D eigenvalue weighted by atomic mass is 32.2. The molecular weight excluding hydrogens is 274 g/mol. The normalized spacial score (nSPS) is 19.2. The molecule has 1 N–H and O–H groups in total. The first-order valence-electron chi connectivity index (χ1n) is 6.89. The topological polar surface area (TPSA) is 66.5 Å². The van der Waals surface area contributed by atoms with Crippen molar-refractivity contribution in [3.05, 3.63) is 11.7 Å². The van der Waals surface area contributed by atoms with Gasteiger partial charge in [0.05, 0.1) is 0 Å². The van der Waals surface area contributed by atoms with Crippen molar-refractivity contribution in [3.63, 3.8) is 0 Å². The number of rotatable bonds is 3. The van der Waals surface area contributed by atoms with Crippen molar-refractivity contribution in [1.82, 2.24) is 20.4 Å². The van der Waals surface area contributed by atoms with Crippen LogP contribution in [0.3, 0.4) is 0 Å². The summed E-state index contributed by atoms with van der Waals surface area (Å²) in [4.78, 5) is 10.9. The summed E-state index contributed by atoms with van der Waals surface area (Å²) < 4.78 is 5.38. The van der Waals surface area contributed by atoms with E-state index in [9.17, 15) is 0 Å². The zero-order chi connectivity index (χ0) is 14.6. The molecular formula is C13H23N5OS. The fourth-order valence-electron chi connectivity index (χ4n) is 2.25. The summed E-state index contributed by atoms with van der Waals surface area (Å²) >= 11 is 2.02. The molecule has 1 aromatic heterocycles. The maximum Gasteiger partial charge on any atom is 0.228 e. The number of thioether (sulfide) groups is 1. The molecule has 20 heavy (non-hydrogen) atoms. The van der Waals surface area contributed by atoms with Crippen LogP contribution >= 0.6 is 11.8 Å². The predicted octanol–water partition coefficient (Wildman–Crippen LogP) is 1.32. The first-order chi connectivity index (χ1) is 9.50. The number of nitrogens with one attached hydrogen (secondary N) is 1. The van der Waals surface area contributed by atoms with Gasteiger partial charge in [0.15, 0.2) is 11.8 Å². The van der Waals surface area contributed by atoms with Gasteiger partial charge in [-0.2, -0.15) is 16.7 Å². The van der Waals surface area contributed by atoms with Crippen LogP contribution in [0.15, 0.2) is 9.52 Å². The lowest BCUT2D eigenvalue weighted by molar-refractivity contribution is 0.365. The van der Waals surface area contributed by atoms with E-state index in [4.69, 9.17) is 4.52 Å². The molecule has 1 fully saturated rings. The van der Waals surface area contributed by atoms with Gasteiger partial charge in [0.25, 0.3) is 0 Å². The summed E-state index contributed by atoms with van der Waals surface area (Å²) in [6, 6.07) is 0. The van der Waals surface area contributed by atoms with Crippen LogP contribution < -0.4 is 5.32 Å². The highest BCUT2D eigenvalue weighted by molar-refractivity contribution is 8.00. The SMILES string of the molecule is CN=C(NCCc1nc(C)no1)N1CCSC(C)(C)C1. The molecule has 1 saturated heterocycles. The third-order valence-corrected chi connectivity index (χ3v) is 4.43. The van der Waals surface area contributed by atoms with Gasteiger partial charge in [-0.05, 0) is 20.8 Å². The number of guanidine groups is 1. The first kappa shape index (κ1) is 15.2. The second kappa shape index (κ2) is 6.47. The van der Waals surface area contributed by atoms with Crippen LogP contribution in [0.5, 0.6) is 0 Å². The third-order valence-electron chi connectivity index (χ3n) is 3.13.